The van der Waals surface area contributed by atoms with E-state index in [1.54, 1.807) is 43.5 Å². The van der Waals surface area contributed by atoms with Crippen molar-refractivity contribution in [3.63, 3.8) is 0 Å². The summed E-state index contributed by atoms with van der Waals surface area (Å²) >= 11 is 0. The molecular weight excluding hydrogens is 364 g/mol. The number of carbonyl (C=O) groups is 1. The van der Waals surface area contributed by atoms with Gasteiger partial charge < -0.3 is 10.1 Å². The van der Waals surface area contributed by atoms with Crippen molar-refractivity contribution in [2.75, 3.05) is 17.1 Å². The fraction of sp³-hybridized carbons (Fsp3) is 0.250. The first-order valence-corrected chi connectivity index (χ1v) is 10.2. The molecule has 0 spiro atoms. The third-order valence-electron chi connectivity index (χ3n) is 4.33. The molecule has 0 saturated carbocycles. The van der Waals surface area contributed by atoms with Crippen molar-refractivity contribution in [3.05, 3.63) is 60.7 Å². The van der Waals surface area contributed by atoms with E-state index >= 15 is 0 Å². The third-order valence-corrected chi connectivity index (χ3v) is 5.71. The average molecular weight is 386 g/mol. The Bertz CT molecular complexity index is 937. The Morgan fingerprint density at radius 2 is 1.93 bits per heavy atom. The highest BCUT2D eigenvalue weighted by Crippen LogP contribution is 2.23. The average Bonchev–Trinajstić information content (AvgIpc) is 3.15. The van der Waals surface area contributed by atoms with Crippen molar-refractivity contribution in [2.24, 2.45) is 5.92 Å². The van der Waals surface area contributed by atoms with Gasteiger partial charge in [0.1, 0.15) is 5.75 Å². The Hall–Kier alpha value is -2.80. The number of rotatable bonds is 7. The molecule has 0 saturated heterocycles. The van der Waals surface area contributed by atoms with Gasteiger partial charge in [-0.3, -0.25) is 9.52 Å². The number of anilines is 2. The minimum absolute atomic E-state index is 0.0804. The van der Waals surface area contributed by atoms with Crippen molar-refractivity contribution in [1.29, 1.82) is 0 Å². The summed E-state index contributed by atoms with van der Waals surface area (Å²) in [7, 11) is -2.22. The molecule has 2 aromatic rings. The van der Waals surface area contributed by atoms with Crippen molar-refractivity contribution >= 4 is 27.3 Å². The number of amides is 1. The molecule has 0 unspecified atom stereocenters. The molecule has 1 amide bonds. The van der Waals surface area contributed by atoms with Gasteiger partial charge in [0.05, 0.1) is 12.0 Å². The van der Waals surface area contributed by atoms with Gasteiger partial charge in [-0.1, -0.05) is 18.2 Å². The first-order valence-electron chi connectivity index (χ1n) is 8.70. The molecule has 7 heteroatoms. The zero-order valence-corrected chi connectivity index (χ0v) is 15.8. The summed E-state index contributed by atoms with van der Waals surface area (Å²) in [5.74, 6) is 0.776. The van der Waals surface area contributed by atoms with E-state index in [0.717, 1.165) is 12.8 Å². The second-order valence-electron chi connectivity index (χ2n) is 6.38. The van der Waals surface area contributed by atoms with Crippen LogP contribution in [0.4, 0.5) is 11.4 Å². The highest BCUT2D eigenvalue weighted by Gasteiger charge is 2.17. The summed E-state index contributed by atoms with van der Waals surface area (Å²) < 4.78 is 32.8. The van der Waals surface area contributed by atoms with Crippen LogP contribution in [0.5, 0.6) is 5.75 Å². The second kappa shape index (κ2) is 8.26. The number of methoxy groups -OCH3 is 1. The van der Waals surface area contributed by atoms with Crippen molar-refractivity contribution in [2.45, 2.75) is 24.2 Å². The second-order valence-corrected chi connectivity index (χ2v) is 8.06. The lowest BCUT2D eigenvalue weighted by molar-refractivity contribution is -0.116. The minimum atomic E-state index is -3.77. The van der Waals surface area contributed by atoms with Crippen LogP contribution in [0.3, 0.4) is 0 Å². The number of carbonyl (C=O) groups excluding carboxylic acids is 1. The predicted molar refractivity (Wildman–Crippen MR) is 105 cm³/mol. The van der Waals surface area contributed by atoms with Gasteiger partial charge in [0.2, 0.25) is 5.91 Å². The molecule has 1 atom stereocenters. The third kappa shape index (κ3) is 5.10. The van der Waals surface area contributed by atoms with Crippen LogP contribution in [0.1, 0.15) is 19.3 Å². The van der Waals surface area contributed by atoms with Crippen LogP contribution in [0.25, 0.3) is 0 Å². The number of nitrogens with one attached hydrogen (secondary N) is 2. The topological polar surface area (TPSA) is 84.5 Å². The number of hydrogen-bond acceptors (Lipinski definition) is 4. The van der Waals surface area contributed by atoms with Gasteiger partial charge in [-0.15, -0.1) is 0 Å². The molecule has 0 bridgehead atoms. The summed E-state index contributed by atoms with van der Waals surface area (Å²) in [4.78, 5) is 12.2. The molecule has 0 aromatic heterocycles. The molecule has 1 aliphatic rings. The molecular formula is C20H22N2O4S. The molecule has 1 aliphatic carbocycles. The highest BCUT2D eigenvalue weighted by molar-refractivity contribution is 7.92. The van der Waals surface area contributed by atoms with E-state index in [1.807, 2.05) is 0 Å². The lowest BCUT2D eigenvalue weighted by Crippen LogP contribution is -2.16. The fourth-order valence-corrected chi connectivity index (χ4v) is 4.03. The summed E-state index contributed by atoms with van der Waals surface area (Å²) in [6, 6.07) is 12.8. The summed E-state index contributed by atoms with van der Waals surface area (Å²) in [5, 5.41) is 2.78. The number of ether oxygens (including phenoxy) is 1. The monoisotopic (exact) mass is 386 g/mol. The van der Waals surface area contributed by atoms with Gasteiger partial charge in [0.15, 0.2) is 0 Å². The normalized spacial score (nSPS) is 16.1. The van der Waals surface area contributed by atoms with Crippen molar-refractivity contribution in [1.82, 2.24) is 0 Å². The highest BCUT2D eigenvalue weighted by atomic mass is 32.2. The van der Waals surface area contributed by atoms with Crippen LogP contribution >= 0.6 is 0 Å². The van der Waals surface area contributed by atoms with Gasteiger partial charge in [0.25, 0.3) is 10.0 Å². The number of allylic oxidation sites excluding steroid dienone is 2. The van der Waals surface area contributed by atoms with Crippen molar-refractivity contribution in [3.8, 4) is 5.75 Å². The Kier molecular flexibility index (Phi) is 5.81. The van der Waals surface area contributed by atoms with Gasteiger partial charge >= 0.3 is 0 Å². The molecule has 0 heterocycles. The number of sulfonamides is 1. The quantitative estimate of drug-likeness (QED) is 0.709. The summed E-state index contributed by atoms with van der Waals surface area (Å²) in [6.07, 6.45) is 6.52. The van der Waals surface area contributed by atoms with Crippen molar-refractivity contribution < 1.29 is 17.9 Å². The van der Waals surface area contributed by atoms with Crippen LogP contribution in [-0.4, -0.2) is 21.4 Å². The zero-order chi connectivity index (χ0) is 19.3. The van der Waals surface area contributed by atoms with Gasteiger partial charge in [-0.05, 0) is 61.2 Å². The SMILES string of the molecule is COc1ccc(NS(=O)(=O)c2cccc(NC(=O)C[C@@H]3C=CCC3)c2)cc1. The smallest absolute Gasteiger partial charge is 0.261 e. The van der Waals surface area contributed by atoms with E-state index < -0.39 is 10.0 Å². The van der Waals surface area contributed by atoms with Crippen LogP contribution in [0.15, 0.2) is 65.6 Å². The molecule has 2 N–H and O–H groups in total. The molecule has 27 heavy (non-hydrogen) atoms. The minimum Gasteiger partial charge on any atom is -0.497 e. The Morgan fingerprint density at radius 3 is 2.59 bits per heavy atom. The molecule has 142 valence electrons. The van der Waals surface area contributed by atoms with Gasteiger partial charge in [0, 0.05) is 17.8 Å². The van der Waals surface area contributed by atoms with E-state index in [-0.39, 0.29) is 16.7 Å². The summed E-state index contributed by atoms with van der Waals surface area (Å²) in [5.41, 5.74) is 0.887. The Labute approximate surface area is 159 Å². The maximum Gasteiger partial charge on any atom is 0.261 e. The maximum absolute atomic E-state index is 12.6. The molecule has 6 nitrogen and oxygen atoms in total. The fourth-order valence-electron chi connectivity index (χ4n) is 2.93. The largest absolute Gasteiger partial charge is 0.497 e. The molecule has 0 fully saturated rings. The number of benzene rings is 2. The van der Waals surface area contributed by atoms with Crippen LogP contribution in [0, 0.1) is 5.92 Å². The zero-order valence-electron chi connectivity index (χ0n) is 15.0. The summed E-state index contributed by atoms with van der Waals surface area (Å²) in [6.45, 7) is 0. The molecule has 3 rings (SSSR count). The van der Waals surface area contributed by atoms with E-state index in [1.165, 1.54) is 12.1 Å². The Balaban J connectivity index is 1.69. The first kappa shape index (κ1) is 19.0. The molecule has 0 radical (unpaired) electrons. The van der Waals surface area contributed by atoms with Crippen LogP contribution < -0.4 is 14.8 Å². The predicted octanol–water partition coefficient (Wildman–Crippen LogP) is 3.79. The lowest BCUT2D eigenvalue weighted by Gasteiger charge is -2.12. The molecule has 2 aromatic carbocycles. The maximum atomic E-state index is 12.6. The lowest BCUT2D eigenvalue weighted by atomic mass is 10.1. The van der Waals surface area contributed by atoms with E-state index in [0.29, 0.717) is 23.5 Å². The van der Waals surface area contributed by atoms with Gasteiger partial charge in [-0.25, -0.2) is 8.42 Å². The molecule has 0 aliphatic heterocycles. The van der Waals surface area contributed by atoms with Crippen LogP contribution in [0.2, 0.25) is 0 Å². The Morgan fingerprint density at radius 1 is 1.15 bits per heavy atom. The first-order chi connectivity index (χ1) is 13.0. The number of hydrogen-bond donors (Lipinski definition) is 2. The van der Waals surface area contributed by atoms with E-state index in [9.17, 15) is 13.2 Å². The van der Waals surface area contributed by atoms with E-state index in [4.69, 9.17) is 4.74 Å². The van der Waals surface area contributed by atoms with E-state index in [2.05, 4.69) is 22.2 Å². The van der Waals surface area contributed by atoms with Crippen LogP contribution in [-0.2, 0) is 14.8 Å². The standard InChI is InChI=1S/C20H22N2O4S/c1-26-18-11-9-16(10-12-18)22-27(24,25)19-8-4-7-17(14-19)21-20(23)13-15-5-2-3-6-15/h2,4-5,7-12,14-15,22H,3,6,13H2,1H3,(H,21,23)/t15-/m1/s1. The van der Waals surface area contributed by atoms with Gasteiger partial charge in [-0.2, -0.15) is 0 Å².